The number of benzene rings is 3. The van der Waals surface area contributed by atoms with Crippen LogP contribution in [0.3, 0.4) is 0 Å². The molecule has 3 N–H and O–H groups in total. The van der Waals surface area contributed by atoms with Gasteiger partial charge in [0.15, 0.2) is 0 Å². The van der Waals surface area contributed by atoms with Gasteiger partial charge in [-0.2, -0.15) is 0 Å². The van der Waals surface area contributed by atoms with E-state index in [1.807, 2.05) is 47.4 Å². The molecule has 1 aliphatic carbocycles. The second kappa shape index (κ2) is 10.4. The van der Waals surface area contributed by atoms with Gasteiger partial charge < -0.3 is 30.1 Å². The first-order valence-corrected chi connectivity index (χ1v) is 13.2. The Hall–Kier alpha value is -4.04. The highest BCUT2D eigenvalue weighted by molar-refractivity contribution is 5.97. The van der Waals surface area contributed by atoms with Crippen molar-refractivity contribution in [3.05, 3.63) is 82.9 Å². The van der Waals surface area contributed by atoms with Gasteiger partial charge in [0, 0.05) is 19.1 Å². The molecule has 1 atom stereocenters. The fourth-order valence-corrected chi connectivity index (χ4v) is 5.15. The zero-order chi connectivity index (χ0) is 26.1. The molecule has 0 aromatic heterocycles. The van der Waals surface area contributed by atoms with Crippen molar-refractivity contribution in [2.24, 2.45) is 0 Å². The topological polar surface area (TPSA) is 100 Å². The molecule has 8 nitrogen and oxygen atoms in total. The van der Waals surface area contributed by atoms with Crippen molar-refractivity contribution >= 4 is 11.8 Å². The van der Waals surface area contributed by atoms with Gasteiger partial charge in [0.05, 0.1) is 24.8 Å². The summed E-state index contributed by atoms with van der Waals surface area (Å²) in [7, 11) is 0. The first-order valence-electron chi connectivity index (χ1n) is 13.2. The van der Waals surface area contributed by atoms with Crippen LogP contribution in [-0.4, -0.2) is 54.1 Å². The van der Waals surface area contributed by atoms with Gasteiger partial charge in [-0.1, -0.05) is 18.2 Å². The Morgan fingerprint density at radius 2 is 1.89 bits per heavy atom. The number of nitrogens with one attached hydrogen (secondary N) is 2. The Morgan fingerprint density at radius 1 is 1.05 bits per heavy atom. The van der Waals surface area contributed by atoms with Crippen molar-refractivity contribution in [3.8, 4) is 23.0 Å². The van der Waals surface area contributed by atoms with E-state index in [0.29, 0.717) is 56.6 Å². The summed E-state index contributed by atoms with van der Waals surface area (Å²) in [5.41, 5.74) is 3.32. The maximum absolute atomic E-state index is 13.4. The van der Waals surface area contributed by atoms with Gasteiger partial charge in [-0.3, -0.25) is 9.59 Å². The first-order chi connectivity index (χ1) is 18.5. The first kappa shape index (κ1) is 24.3. The molecule has 3 heterocycles. The largest absolute Gasteiger partial charge is 0.507 e. The van der Waals surface area contributed by atoms with Crippen LogP contribution >= 0.6 is 0 Å². The number of ether oxygens (including phenoxy) is 2. The molecule has 4 aliphatic rings. The van der Waals surface area contributed by atoms with Gasteiger partial charge in [-0.15, -0.1) is 0 Å². The molecule has 0 radical (unpaired) electrons. The van der Waals surface area contributed by atoms with E-state index in [0.717, 1.165) is 35.3 Å². The maximum atomic E-state index is 13.4. The summed E-state index contributed by atoms with van der Waals surface area (Å²) < 4.78 is 12.1. The van der Waals surface area contributed by atoms with Gasteiger partial charge in [-0.25, -0.2) is 0 Å². The van der Waals surface area contributed by atoms with Crippen molar-refractivity contribution in [2.75, 3.05) is 26.2 Å². The van der Waals surface area contributed by atoms with Crippen LogP contribution in [0.4, 0.5) is 0 Å². The predicted molar refractivity (Wildman–Crippen MR) is 142 cm³/mol. The number of phenols is 1. The summed E-state index contributed by atoms with van der Waals surface area (Å²) in [5, 5.41) is 16.4. The van der Waals surface area contributed by atoms with Crippen LogP contribution in [0.2, 0.25) is 0 Å². The molecule has 1 saturated carbocycles. The number of amides is 2. The summed E-state index contributed by atoms with van der Waals surface area (Å²) in [6.07, 6.45) is 3.57. The second-order valence-corrected chi connectivity index (χ2v) is 10.1. The van der Waals surface area contributed by atoms with Gasteiger partial charge in [0.1, 0.15) is 23.0 Å². The van der Waals surface area contributed by atoms with Crippen LogP contribution in [0, 0.1) is 0 Å². The smallest absolute Gasteiger partial charge is 0.255 e. The average Bonchev–Trinajstić information content (AvgIpc) is 3.76. The molecule has 0 saturated heterocycles. The number of hydrogen-bond donors (Lipinski definition) is 3. The Labute approximate surface area is 221 Å². The Balaban J connectivity index is 1.38. The number of aromatic hydroxyl groups is 1. The van der Waals surface area contributed by atoms with Crippen molar-refractivity contribution in [2.45, 2.75) is 37.8 Å². The molecule has 1 fully saturated rings. The Kier molecular flexibility index (Phi) is 6.64. The normalized spacial score (nSPS) is 19.0. The van der Waals surface area contributed by atoms with E-state index >= 15 is 0 Å². The van der Waals surface area contributed by atoms with Crippen LogP contribution < -0.4 is 20.1 Å². The fraction of sp³-hybridized carbons (Fsp3) is 0.333. The van der Waals surface area contributed by atoms with Crippen molar-refractivity contribution in [1.29, 1.82) is 0 Å². The van der Waals surface area contributed by atoms with E-state index < -0.39 is 0 Å². The molecular weight excluding hydrogens is 482 g/mol. The minimum atomic E-state index is -0.370. The zero-order valence-corrected chi connectivity index (χ0v) is 21.1. The van der Waals surface area contributed by atoms with Crippen LogP contribution in [0.5, 0.6) is 23.0 Å². The molecule has 3 aromatic rings. The monoisotopic (exact) mass is 513 g/mol. The third kappa shape index (κ3) is 5.17. The highest BCUT2D eigenvalue weighted by Crippen LogP contribution is 2.39. The number of nitrogens with zero attached hydrogens (tertiary/aromatic N) is 1. The van der Waals surface area contributed by atoms with Crippen molar-refractivity contribution in [3.63, 3.8) is 0 Å². The van der Waals surface area contributed by atoms with Crippen molar-refractivity contribution < 1.29 is 24.2 Å². The minimum absolute atomic E-state index is 0.0914. The highest BCUT2D eigenvalue weighted by atomic mass is 16.5. The standard InChI is InChI=1S/C30H31N3O5/c34-27-10-8-24-17-26(27)30(36)31-12-2-14-37-22-4-1-3-20(16-22)29-25-9-7-23(38-24)15-19(25)11-13-33(29)28(35)18-32-21-5-6-21/h1,3-4,7-10,15-17,21,29,32,34H,2,5-6,11-14,18H2,(H,31,36)/t29-/m0/s1. The Bertz CT molecular complexity index is 1370. The highest BCUT2D eigenvalue weighted by Gasteiger charge is 2.33. The van der Waals surface area contributed by atoms with Crippen LogP contribution in [-0.2, 0) is 11.2 Å². The summed E-state index contributed by atoms with van der Waals surface area (Å²) in [6.45, 7) is 1.74. The van der Waals surface area contributed by atoms with Gasteiger partial charge in [0.25, 0.3) is 5.91 Å². The lowest BCUT2D eigenvalue weighted by molar-refractivity contribution is -0.132. The van der Waals surface area contributed by atoms with Crippen molar-refractivity contribution in [1.82, 2.24) is 15.5 Å². The predicted octanol–water partition coefficient (Wildman–Crippen LogP) is 3.92. The fourth-order valence-electron chi connectivity index (χ4n) is 5.15. The quantitative estimate of drug-likeness (QED) is 0.491. The molecule has 0 unspecified atom stereocenters. The number of hydrogen-bond acceptors (Lipinski definition) is 6. The number of carbonyl (C=O) groups is 2. The Morgan fingerprint density at radius 3 is 2.76 bits per heavy atom. The number of fused-ring (bicyclic) bond motifs is 6. The van der Waals surface area contributed by atoms with Gasteiger partial charge in [0.2, 0.25) is 5.91 Å². The lowest BCUT2D eigenvalue weighted by atomic mass is 9.87. The average molecular weight is 514 g/mol. The maximum Gasteiger partial charge on any atom is 0.255 e. The summed E-state index contributed by atoms with van der Waals surface area (Å²) in [6, 6.07) is 18.7. The summed E-state index contributed by atoms with van der Waals surface area (Å²) >= 11 is 0. The number of carbonyl (C=O) groups excluding carboxylic acids is 2. The summed E-state index contributed by atoms with van der Waals surface area (Å²) in [4.78, 5) is 28.0. The second-order valence-electron chi connectivity index (χ2n) is 10.1. The van der Waals surface area contributed by atoms with E-state index in [1.165, 1.54) is 6.07 Å². The van der Waals surface area contributed by atoms with E-state index in [2.05, 4.69) is 10.6 Å². The molecule has 196 valence electrons. The van der Waals surface area contributed by atoms with E-state index in [1.54, 1.807) is 12.1 Å². The lowest BCUT2D eigenvalue weighted by Crippen LogP contribution is -2.45. The summed E-state index contributed by atoms with van der Waals surface area (Å²) in [5.74, 6) is 1.43. The molecule has 38 heavy (non-hydrogen) atoms. The molecule has 8 bridgehead atoms. The van der Waals surface area contributed by atoms with Gasteiger partial charge in [-0.05, 0) is 84.8 Å². The van der Waals surface area contributed by atoms with Gasteiger partial charge >= 0.3 is 0 Å². The molecule has 2 amide bonds. The third-order valence-corrected chi connectivity index (χ3v) is 7.28. The molecule has 3 aliphatic heterocycles. The SMILES string of the molecule is O=C1NCCCOc2cccc(c2)[C@H]2c3ccc(cc3CCN2C(=O)CNC2CC2)Oc2ccc(O)c1c2. The lowest BCUT2D eigenvalue weighted by Gasteiger charge is -2.38. The van der Waals surface area contributed by atoms with E-state index in [4.69, 9.17) is 9.47 Å². The number of rotatable bonds is 3. The molecular formula is C30H31N3O5. The third-order valence-electron chi connectivity index (χ3n) is 7.28. The van der Waals surface area contributed by atoms with E-state index in [-0.39, 0.29) is 29.2 Å². The molecule has 3 aromatic carbocycles. The molecule has 0 spiro atoms. The molecule has 7 rings (SSSR count). The zero-order valence-electron chi connectivity index (χ0n) is 21.1. The van der Waals surface area contributed by atoms with Crippen LogP contribution in [0.15, 0.2) is 60.7 Å². The minimum Gasteiger partial charge on any atom is -0.507 e. The number of phenolic OH excluding ortho intramolecular Hbond substituents is 1. The van der Waals surface area contributed by atoms with Crippen LogP contribution in [0.1, 0.15) is 52.4 Å². The molecule has 8 heteroatoms. The van der Waals surface area contributed by atoms with Crippen LogP contribution in [0.25, 0.3) is 0 Å². The van der Waals surface area contributed by atoms with E-state index in [9.17, 15) is 14.7 Å².